The van der Waals surface area contributed by atoms with E-state index in [4.69, 9.17) is 0 Å². The van der Waals surface area contributed by atoms with Crippen molar-refractivity contribution < 1.29 is 17.2 Å². The van der Waals surface area contributed by atoms with E-state index >= 15 is 0 Å². The third-order valence-electron chi connectivity index (χ3n) is 3.75. The van der Waals surface area contributed by atoms with E-state index in [1.54, 1.807) is 7.05 Å². The maximum atomic E-state index is 14.3. The Labute approximate surface area is 117 Å². The zero-order valence-electron chi connectivity index (χ0n) is 11.5. The molecule has 20 heavy (non-hydrogen) atoms. The van der Waals surface area contributed by atoms with Crippen LogP contribution in [0.4, 0.5) is 8.78 Å². The number of hydrogen-bond donors (Lipinski definition) is 1. The average molecular weight is 304 g/mol. The highest BCUT2D eigenvalue weighted by atomic mass is 32.2. The second kappa shape index (κ2) is 5.75. The van der Waals surface area contributed by atoms with Crippen LogP contribution in [0.2, 0.25) is 0 Å². The second-order valence-corrected chi connectivity index (χ2v) is 6.94. The molecular weight excluding hydrogens is 286 g/mol. The summed E-state index contributed by atoms with van der Waals surface area (Å²) in [5.74, 6) is -1.76. The van der Waals surface area contributed by atoms with Crippen LogP contribution in [0.5, 0.6) is 0 Å². The summed E-state index contributed by atoms with van der Waals surface area (Å²) in [5.41, 5.74) is -0.254. The highest BCUT2D eigenvalue weighted by Crippen LogP contribution is 2.30. The summed E-state index contributed by atoms with van der Waals surface area (Å²) in [6, 6.07) is 1.91. The molecule has 0 radical (unpaired) electrons. The van der Waals surface area contributed by atoms with Crippen LogP contribution in [-0.4, -0.2) is 32.9 Å². The first-order valence-electron chi connectivity index (χ1n) is 6.49. The van der Waals surface area contributed by atoms with Crippen LogP contribution in [0.1, 0.15) is 24.8 Å². The van der Waals surface area contributed by atoms with Gasteiger partial charge >= 0.3 is 0 Å². The molecule has 4 nitrogen and oxygen atoms in total. The number of nitrogens with one attached hydrogen (secondary N) is 1. The molecule has 1 aromatic rings. The minimum atomic E-state index is -3.92. The van der Waals surface area contributed by atoms with Gasteiger partial charge in [0.25, 0.3) is 0 Å². The first-order valence-corrected chi connectivity index (χ1v) is 7.93. The van der Waals surface area contributed by atoms with Gasteiger partial charge in [-0.15, -0.1) is 0 Å². The van der Waals surface area contributed by atoms with Crippen molar-refractivity contribution in [3.63, 3.8) is 0 Å². The molecule has 112 valence electrons. The summed E-state index contributed by atoms with van der Waals surface area (Å²) in [7, 11) is -0.937. The fourth-order valence-electron chi connectivity index (χ4n) is 2.22. The molecule has 1 aliphatic rings. The molecule has 0 aromatic heterocycles. The fourth-order valence-corrected chi connectivity index (χ4v) is 3.72. The minimum absolute atomic E-state index is 0.0613. The van der Waals surface area contributed by atoms with E-state index in [9.17, 15) is 17.2 Å². The number of sulfonamides is 1. The summed E-state index contributed by atoms with van der Waals surface area (Å²) >= 11 is 0. The van der Waals surface area contributed by atoms with Crippen LogP contribution in [0.15, 0.2) is 17.0 Å². The first kappa shape index (κ1) is 15.3. The molecule has 0 spiro atoms. The Morgan fingerprint density at radius 2 is 2.00 bits per heavy atom. The van der Waals surface area contributed by atoms with Crippen LogP contribution in [0, 0.1) is 11.6 Å². The van der Waals surface area contributed by atoms with Gasteiger partial charge in [0.2, 0.25) is 10.0 Å². The van der Waals surface area contributed by atoms with Crippen molar-refractivity contribution in [2.45, 2.75) is 36.7 Å². The van der Waals surface area contributed by atoms with Gasteiger partial charge in [0.05, 0.1) is 0 Å². The average Bonchev–Trinajstić information content (AvgIpc) is 2.31. The predicted molar refractivity (Wildman–Crippen MR) is 71.7 cm³/mol. The van der Waals surface area contributed by atoms with Crippen molar-refractivity contribution in [1.82, 2.24) is 9.62 Å². The number of nitrogens with zero attached hydrogens (tertiary/aromatic N) is 1. The highest BCUT2D eigenvalue weighted by Gasteiger charge is 2.34. The lowest BCUT2D eigenvalue weighted by Crippen LogP contribution is -2.41. The van der Waals surface area contributed by atoms with Crippen LogP contribution < -0.4 is 5.32 Å². The molecule has 2 rings (SSSR count). The number of benzene rings is 1. The molecular formula is C13H18F2N2O2S. The van der Waals surface area contributed by atoms with E-state index in [-0.39, 0.29) is 18.2 Å². The summed E-state index contributed by atoms with van der Waals surface area (Å²) in [4.78, 5) is -0.460. The minimum Gasteiger partial charge on any atom is -0.315 e. The molecule has 1 N–H and O–H groups in total. The zero-order valence-corrected chi connectivity index (χ0v) is 12.3. The van der Waals surface area contributed by atoms with Gasteiger partial charge in [-0.25, -0.2) is 17.2 Å². The predicted octanol–water partition coefficient (Wildman–Crippen LogP) is 1.86. The van der Waals surface area contributed by atoms with Crippen LogP contribution >= 0.6 is 0 Å². The van der Waals surface area contributed by atoms with Gasteiger partial charge in [-0.2, -0.15) is 4.31 Å². The van der Waals surface area contributed by atoms with Gasteiger partial charge in [-0.1, -0.05) is 6.42 Å². The lowest BCUT2D eigenvalue weighted by atomic mass is 9.94. The molecule has 1 aromatic carbocycles. The Bertz CT molecular complexity index is 601. The van der Waals surface area contributed by atoms with Crippen molar-refractivity contribution in [2.75, 3.05) is 14.1 Å². The Hall–Kier alpha value is -1.05. The van der Waals surface area contributed by atoms with E-state index in [1.165, 1.54) is 11.4 Å². The molecule has 0 amide bonds. The van der Waals surface area contributed by atoms with Crippen LogP contribution in [-0.2, 0) is 16.6 Å². The number of hydrogen-bond acceptors (Lipinski definition) is 3. The largest absolute Gasteiger partial charge is 0.315 e. The molecule has 1 aliphatic carbocycles. The van der Waals surface area contributed by atoms with Crippen molar-refractivity contribution in [1.29, 1.82) is 0 Å². The Morgan fingerprint density at radius 3 is 2.50 bits per heavy atom. The Kier molecular flexibility index (Phi) is 4.41. The van der Waals surface area contributed by atoms with Crippen molar-refractivity contribution >= 4 is 10.0 Å². The summed E-state index contributed by atoms with van der Waals surface area (Å²) in [6.07, 6.45) is 2.53. The summed E-state index contributed by atoms with van der Waals surface area (Å²) in [5, 5.41) is 2.63. The third kappa shape index (κ3) is 2.57. The van der Waals surface area contributed by atoms with Gasteiger partial charge in [-0.3, -0.25) is 0 Å². The highest BCUT2D eigenvalue weighted by molar-refractivity contribution is 7.89. The maximum Gasteiger partial charge on any atom is 0.245 e. The van der Waals surface area contributed by atoms with Crippen molar-refractivity contribution in [3.8, 4) is 0 Å². The SMILES string of the molecule is CNCc1c(F)ccc(S(=O)(=O)N(C)C2CCC2)c1F. The van der Waals surface area contributed by atoms with Gasteiger partial charge in [0.1, 0.15) is 10.7 Å². The van der Waals surface area contributed by atoms with Gasteiger partial charge in [0, 0.05) is 25.2 Å². The number of halogens is 2. The molecule has 1 fully saturated rings. The van der Waals surface area contributed by atoms with Gasteiger partial charge < -0.3 is 5.32 Å². The fraction of sp³-hybridized carbons (Fsp3) is 0.538. The monoisotopic (exact) mass is 304 g/mol. The maximum absolute atomic E-state index is 14.3. The molecule has 0 bridgehead atoms. The zero-order chi connectivity index (χ0) is 14.9. The molecule has 0 saturated heterocycles. The van der Waals surface area contributed by atoms with E-state index in [0.29, 0.717) is 0 Å². The van der Waals surface area contributed by atoms with E-state index in [2.05, 4.69) is 5.32 Å². The van der Waals surface area contributed by atoms with Gasteiger partial charge in [0.15, 0.2) is 5.82 Å². The topological polar surface area (TPSA) is 49.4 Å². The second-order valence-electron chi connectivity index (χ2n) is 4.97. The third-order valence-corrected chi connectivity index (χ3v) is 5.68. The summed E-state index contributed by atoms with van der Waals surface area (Å²) in [6.45, 7) is -0.0613. The molecule has 0 atom stereocenters. The van der Waals surface area contributed by atoms with E-state index in [1.807, 2.05) is 0 Å². The first-order chi connectivity index (χ1) is 9.39. The van der Waals surface area contributed by atoms with Crippen molar-refractivity contribution in [3.05, 3.63) is 29.3 Å². The smallest absolute Gasteiger partial charge is 0.245 e. The molecule has 7 heteroatoms. The normalized spacial score (nSPS) is 16.4. The quantitative estimate of drug-likeness (QED) is 0.903. The Balaban J connectivity index is 2.43. The molecule has 0 aliphatic heterocycles. The lowest BCUT2D eigenvalue weighted by Gasteiger charge is -2.33. The van der Waals surface area contributed by atoms with Crippen LogP contribution in [0.25, 0.3) is 0 Å². The number of rotatable bonds is 5. The Morgan fingerprint density at radius 1 is 1.35 bits per heavy atom. The van der Waals surface area contributed by atoms with Crippen molar-refractivity contribution in [2.24, 2.45) is 0 Å². The lowest BCUT2D eigenvalue weighted by molar-refractivity contribution is 0.249. The summed E-state index contributed by atoms with van der Waals surface area (Å²) < 4.78 is 53.8. The van der Waals surface area contributed by atoms with E-state index < -0.39 is 26.6 Å². The van der Waals surface area contributed by atoms with E-state index in [0.717, 1.165) is 31.4 Å². The van der Waals surface area contributed by atoms with Gasteiger partial charge in [-0.05, 0) is 32.0 Å². The molecule has 1 saturated carbocycles. The molecule has 0 heterocycles. The standard InChI is InChI=1S/C13H18F2N2O2S/c1-16-8-10-11(14)6-7-12(13(10)15)20(18,19)17(2)9-4-3-5-9/h6-7,9,16H,3-5,8H2,1-2H3. The van der Waals surface area contributed by atoms with Crippen LogP contribution in [0.3, 0.4) is 0 Å². The molecule has 0 unspecified atom stereocenters.